The number of hydrogen-bond acceptors (Lipinski definition) is 18. The van der Waals surface area contributed by atoms with E-state index in [1.807, 2.05) is 39.8 Å². The van der Waals surface area contributed by atoms with Crippen LogP contribution in [0.5, 0.6) is 0 Å². The maximum atomic E-state index is 13.2. The van der Waals surface area contributed by atoms with Gasteiger partial charge < -0.3 is 51.1 Å². The lowest BCUT2D eigenvalue weighted by molar-refractivity contribution is -0.134. The second kappa shape index (κ2) is 32.7. The summed E-state index contributed by atoms with van der Waals surface area (Å²) in [6.07, 6.45) is 12.7. The number of aliphatic carboxylic acids is 1. The first-order chi connectivity index (χ1) is 38.0. The Kier molecular flexibility index (Phi) is 27.3. The molecule has 23 nitrogen and oxygen atoms in total. The van der Waals surface area contributed by atoms with Crippen molar-refractivity contribution in [2.45, 2.75) is 165 Å². The third-order valence-corrected chi connectivity index (χ3v) is 18.2. The summed E-state index contributed by atoms with van der Waals surface area (Å²) in [5.74, 6) is 0.186. The van der Waals surface area contributed by atoms with Crippen LogP contribution >= 0.6 is 22.7 Å². The van der Waals surface area contributed by atoms with E-state index in [9.17, 15) is 31.2 Å². The highest BCUT2D eigenvalue weighted by Gasteiger charge is 2.30. The van der Waals surface area contributed by atoms with Gasteiger partial charge in [-0.1, -0.05) is 38.1 Å². The fourth-order valence-electron chi connectivity index (χ4n) is 9.04. The van der Waals surface area contributed by atoms with Crippen LogP contribution < -0.4 is 31.5 Å². The largest absolute Gasteiger partial charge is 0.481 e. The Morgan fingerprint density at radius 3 is 1.52 bits per heavy atom. The predicted octanol–water partition coefficient (Wildman–Crippen LogP) is 8.38. The molecular formula is C54H80N10O13S4. The quantitative estimate of drug-likeness (QED) is 0.0301. The number of H-pyrrole nitrogens is 1. The Bertz CT molecular complexity index is 3000. The van der Waals surface area contributed by atoms with Gasteiger partial charge in [-0.05, 0) is 102 Å². The molecule has 0 atom stereocenters. The smallest absolute Gasteiger partial charge is 0.407 e. The van der Waals surface area contributed by atoms with Gasteiger partial charge in [0.05, 0.1) is 54.7 Å². The second-order valence-corrected chi connectivity index (χ2v) is 25.3. The minimum Gasteiger partial charge on any atom is -0.481 e. The molecule has 2 saturated carbocycles. The average molecular weight is 1210 g/mol. The van der Waals surface area contributed by atoms with E-state index in [4.69, 9.17) is 28.8 Å². The summed E-state index contributed by atoms with van der Waals surface area (Å²) in [5.41, 5.74) is 2.61. The van der Waals surface area contributed by atoms with Gasteiger partial charge in [-0.3, -0.25) is 9.59 Å². The van der Waals surface area contributed by atoms with E-state index in [1.165, 1.54) is 25.6 Å². The zero-order chi connectivity index (χ0) is 58.6. The number of rotatable bonds is 22. The molecule has 27 heteroatoms. The molecule has 2 fully saturated rings. The number of aromatic amines is 1. The van der Waals surface area contributed by atoms with Crippen LogP contribution in [-0.4, -0.2) is 130 Å². The molecule has 0 spiro atoms. The highest BCUT2D eigenvalue weighted by molar-refractivity contribution is 7.90. The average Bonchev–Trinajstić information content (AvgIpc) is 4.23. The molecule has 0 unspecified atom stereocenters. The van der Waals surface area contributed by atoms with Gasteiger partial charge in [0, 0.05) is 100 Å². The van der Waals surface area contributed by atoms with Crippen molar-refractivity contribution in [1.29, 1.82) is 0 Å². The van der Waals surface area contributed by atoms with Crippen molar-refractivity contribution in [2.24, 2.45) is 0 Å². The van der Waals surface area contributed by atoms with Gasteiger partial charge in [-0.2, -0.15) is 0 Å². The van der Waals surface area contributed by atoms with Crippen molar-refractivity contribution >= 4 is 66.8 Å². The number of hydrogen-bond donors (Lipinski definition) is 8. The monoisotopic (exact) mass is 1200 g/mol. The summed E-state index contributed by atoms with van der Waals surface area (Å²) < 4.78 is 78.2. The third kappa shape index (κ3) is 21.4. The van der Waals surface area contributed by atoms with E-state index < -0.39 is 32.3 Å². The molecule has 5 aromatic rings. The summed E-state index contributed by atoms with van der Waals surface area (Å²) >= 11 is 3.02. The SMILES string of the molecule is CC(=O)O.CCNS(=O)(=O)c1cc(CC(=O)NCC(OC)OC)ccc1-c1cnc(C2CCC(NC(=O)OC(C)C)CC2)s1.CCNS(=O)(=O)c1cc(Cc2ncc[nH]2)ccc1-c1cnc(C2CCC(NC(=O)OC(C)C)CC2)s1.N. The van der Waals surface area contributed by atoms with Crippen LogP contribution in [0.15, 0.2) is 71.0 Å². The number of carbonyl (C=O) groups excluding carboxylic acids is 3. The minimum absolute atomic E-state index is 0. The number of benzene rings is 2. The third-order valence-electron chi connectivity index (χ3n) is 12.7. The molecule has 2 aromatic carbocycles. The van der Waals surface area contributed by atoms with E-state index in [-0.39, 0.29) is 89.7 Å². The molecule has 7 rings (SSSR count). The number of alkyl carbamates (subject to hydrolysis) is 2. The summed E-state index contributed by atoms with van der Waals surface area (Å²) in [5, 5.41) is 18.0. The number of carboxylic acid groups (broad SMARTS) is 1. The number of sulfonamides is 2. The Labute approximate surface area is 483 Å². The molecule has 2 aliphatic rings. The van der Waals surface area contributed by atoms with Gasteiger partial charge in [-0.15, -0.1) is 22.7 Å². The summed E-state index contributed by atoms with van der Waals surface area (Å²) in [6, 6.07) is 10.7. The molecular weight excluding hydrogens is 1120 g/mol. The van der Waals surface area contributed by atoms with Crippen LogP contribution in [0, 0.1) is 0 Å². The molecule has 3 amide bonds. The Morgan fingerprint density at radius 1 is 0.691 bits per heavy atom. The number of amides is 3. The molecule has 448 valence electrons. The Morgan fingerprint density at radius 2 is 1.12 bits per heavy atom. The number of nitrogens with one attached hydrogen (secondary N) is 6. The van der Waals surface area contributed by atoms with Crippen molar-refractivity contribution in [1.82, 2.24) is 51.5 Å². The van der Waals surface area contributed by atoms with Crippen LogP contribution in [-0.2, 0) is 61.4 Å². The van der Waals surface area contributed by atoms with E-state index in [1.54, 1.807) is 74.2 Å². The lowest BCUT2D eigenvalue weighted by Crippen LogP contribution is -2.38. The van der Waals surface area contributed by atoms with Gasteiger partial charge in [-0.25, -0.2) is 50.8 Å². The number of ether oxygens (including phenoxy) is 4. The zero-order valence-corrected chi connectivity index (χ0v) is 50.8. The fourth-order valence-corrected chi connectivity index (χ4v) is 14.0. The lowest BCUT2D eigenvalue weighted by atomic mass is 9.86. The van der Waals surface area contributed by atoms with Crippen molar-refractivity contribution < 1.29 is 60.1 Å². The number of carbonyl (C=O) groups is 4. The summed E-state index contributed by atoms with van der Waals surface area (Å²) in [4.78, 5) is 63.9. The molecule has 10 N–H and O–H groups in total. The minimum atomic E-state index is -3.82. The number of nitrogens with zero attached hydrogens (tertiary/aromatic N) is 3. The number of thiazole rings is 2. The molecule has 3 aromatic heterocycles. The van der Waals surface area contributed by atoms with Crippen LogP contribution in [0.1, 0.15) is 139 Å². The molecule has 3 heterocycles. The number of aromatic nitrogens is 4. The fraction of sp³-hybridized carbons (Fsp3) is 0.537. The second-order valence-electron chi connectivity index (χ2n) is 19.7. The highest BCUT2D eigenvalue weighted by Crippen LogP contribution is 2.41. The first-order valence-corrected chi connectivity index (χ1v) is 31.3. The van der Waals surface area contributed by atoms with Crippen molar-refractivity contribution in [3.63, 3.8) is 0 Å². The van der Waals surface area contributed by atoms with Crippen LogP contribution in [0.2, 0.25) is 0 Å². The van der Waals surface area contributed by atoms with Gasteiger partial charge in [0.1, 0.15) is 5.82 Å². The van der Waals surface area contributed by atoms with Crippen LogP contribution in [0.25, 0.3) is 20.9 Å². The predicted molar refractivity (Wildman–Crippen MR) is 311 cm³/mol. The molecule has 0 saturated heterocycles. The summed E-state index contributed by atoms with van der Waals surface area (Å²) in [7, 11) is -4.54. The summed E-state index contributed by atoms with van der Waals surface area (Å²) in [6.45, 7) is 12.6. The molecule has 2 aliphatic carbocycles. The number of carboxylic acids is 1. The van der Waals surface area contributed by atoms with Crippen molar-refractivity contribution in [3.05, 3.63) is 88.2 Å². The zero-order valence-electron chi connectivity index (χ0n) is 47.5. The molecule has 0 radical (unpaired) electrons. The Balaban J connectivity index is 0.000000324. The van der Waals surface area contributed by atoms with Gasteiger partial charge in [0.15, 0.2) is 6.29 Å². The molecule has 0 bridgehead atoms. The molecule has 81 heavy (non-hydrogen) atoms. The van der Waals surface area contributed by atoms with Crippen LogP contribution in [0.3, 0.4) is 0 Å². The topological polar surface area (TPSA) is 343 Å². The first-order valence-electron chi connectivity index (χ1n) is 26.7. The standard InChI is InChI=1S/C27H40N4O7S2.C25H33N5O4S2.C2H4O2.H3N/c1-6-30-40(34,35)23-13-18(14-24(32)28-16-25(36-4)37-5)7-12-21(23)22-15-29-26(39-22)19-8-10-20(11-9-19)31-27(33)38-17(2)3;1-4-29-36(32,33)22-13-17(14-23-26-11-12-27-23)5-10-20(22)21-15-28-24(35-21)18-6-8-19(9-7-18)30-25(31)34-16(2)3;1-2(3)4;/h7,12-13,15,17,19-20,25,30H,6,8-11,14,16H2,1-5H3,(H,28,32)(H,31,33);5,10-13,15-16,18-19,29H,4,6-9,14H2,1-3H3,(H,26,27)(H,30,31);1H3,(H,3,4);1H3. The van der Waals surface area contributed by atoms with Crippen LogP contribution in [0.4, 0.5) is 9.59 Å². The maximum Gasteiger partial charge on any atom is 0.407 e. The maximum absolute atomic E-state index is 13.2. The van der Waals surface area contributed by atoms with E-state index in [0.29, 0.717) is 29.7 Å². The van der Waals surface area contributed by atoms with Gasteiger partial charge in [0.25, 0.3) is 5.97 Å². The van der Waals surface area contributed by atoms with Gasteiger partial charge in [0.2, 0.25) is 26.0 Å². The number of imidazole rings is 1. The lowest BCUT2D eigenvalue weighted by Gasteiger charge is -2.28. The van der Waals surface area contributed by atoms with E-state index in [0.717, 1.165) is 89.4 Å². The van der Waals surface area contributed by atoms with Gasteiger partial charge >= 0.3 is 12.2 Å². The molecule has 0 aliphatic heterocycles. The first kappa shape index (κ1) is 67.6. The highest BCUT2D eigenvalue weighted by atomic mass is 32.2. The van der Waals surface area contributed by atoms with E-state index >= 15 is 0 Å². The van der Waals surface area contributed by atoms with E-state index in [2.05, 4.69) is 45.3 Å². The normalized spacial score (nSPS) is 17.2. The number of methoxy groups -OCH3 is 2. The Hall–Kier alpha value is -5.91. The van der Waals surface area contributed by atoms with Crippen molar-refractivity contribution in [2.75, 3.05) is 33.9 Å². The van der Waals surface area contributed by atoms with Crippen molar-refractivity contribution in [3.8, 4) is 20.9 Å².